The third-order valence-corrected chi connectivity index (χ3v) is 3.10. The van der Waals surface area contributed by atoms with E-state index in [1.165, 1.54) is 4.57 Å². The molecule has 128 valence electrons. The summed E-state index contributed by atoms with van der Waals surface area (Å²) in [6, 6.07) is 7.55. The van der Waals surface area contributed by atoms with E-state index >= 15 is 0 Å². The Morgan fingerprint density at radius 2 is 1.32 bits per heavy atom. The normalized spacial score (nSPS) is 8.32. The van der Waals surface area contributed by atoms with Crippen LogP contribution in [0.5, 0.6) is 0 Å². The Morgan fingerprint density at radius 3 is 1.71 bits per heavy atom. The largest absolute Gasteiger partial charge is 0.414 e. The monoisotopic (exact) mass is 981 g/mol. The Hall–Kier alpha value is 6.27. The SMILES string of the molecule is C=c1[n-]c(=O)c(=Cc2ccc(N(C)C)cc2)c(=O)n1C.[Y].[Y].[Y].[Y].[Y].[Y].[Y].[Y]. The summed E-state index contributed by atoms with van der Waals surface area (Å²) in [7, 11) is 5.44. The second-order valence-electron chi connectivity index (χ2n) is 4.74. The average Bonchev–Trinajstić information content (AvgIpc) is 2.42. The maximum atomic E-state index is 12.0. The van der Waals surface area contributed by atoms with Gasteiger partial charge in [0.25, 0.3) is 0 Å². The molecular formula is C15H16N3O2Y8-. The fraction of sp³-hybridized carbons (Fsp3) is 0.200. The molecular weight excluding hydrogens is 965 g/mol. The van der Waals surface area contributed by atoms with E-state index in [2.05, 4.69) is 11.6 Å². The van der Waals surface area contributed by atoms with Gasteiger partial charge >= 0.3 is 0 Å². The molecule has 0 aliphatic carbocycles. The Morgan fingerprint density at radius 1 is 0.893 bits per heavy atom. The van der Waals surface area contributed by atoms with Crippen LogP contribution in [0.4, 0.5) is 5.69 Å². The van der Waals surface area contributed by atoms with E-state index in [9.17, 15) is 9.59 Å². The van der Waals surface area contributed by atoms with Crippen LogP contribution in [-0.2, 0) is 269 Å². The van der Waals surface area contributed by atoms with E-state index in [1.807, 2.05) is 43.3 Å². The smallest absolute Gasteiger partial charge is 0.182 e. The Kier molecular flexibility index (Phi) is 48.0. The first-order valence-corrected chi connectivity index (χ1v) is 6.12. The standard InChI is InChI=1S/C15H17N3O2.8Y/c1-10-16-14(19)13(15(20)18(10)4)9-11-5-7-12(8-6-11)17(2)3;;;;;;;;/h5-9H,1H2,2-4H3,(H,16,19);;;;;;;;/p-1. The minimum Gasteiger partial charge on any atom is -0.414 e. The summed E-state index contributed by atoms with van der Waals surface area (Å²) >= 11 is 0. The second kappa shape index (κ2) is 26.3. The predicted molar refractivity (Wildman–Crippen MR) is 80.4 cm³/mol. The Balaban J connectivity index is -0.000000110. The molecule has 2 rings (SSSR count). The van der Waals surface area contributed by atoms with Gasteiger partial charge in [-0.1, -0.05) is 31.2 Å². The first-order chi connectivity index (χ1) is 9.40. The van der Waals surface area contributed by atoms with Gasteiger partial charge in [-0.25, -0.2) is 0 Å². The van der Waals surface area contributed by atoms with Crippen molar-refractivity contribution in [3.63, 3.8) is 0 Å². The molecule has 13 heteroatoms. The summed E-state index contributed by atoms with van der Waals surface area (Å²) in [6.07, 6.45) is 1.55. The van der Waals surface area contributed by atoms with E-state index in [4.69, 9.17) is 0 Å². The third-order valence-electron chi connectivity index (χ3n) is 3.10. The van der Waals surface area contributed by atoms with Crippen molar-refractivity contribution in [1.82, 2.24) is 9.55 Å². The van der Waals surface area contributed by atoms with Gasteiger partial charge in [0.2, 0.25) is 0 Å². The predicted octanol–water partition coefficient (Wildman–Crippen LogP) is -1.01. The van der Waals surface area contributed by atoms with Crippen molar-refractivity contribution in [1.29, 1.82) is 0 Å². The van der Waals surface area contributed by atoms with Gasteiger partial charge in [0, 0.05) is 281 Å². The summed E-state index contributed by atoms with van der Waals surface area (Å²) in [4.78, 5) is 29.5. The number of benzene rings is 1. The van der Waals surface area contributed by atoms with Gasteiger partial charge in [0.15, 0.2) is 11.1 Å². The molecule has 0 aliphatic rings. The van der Waals surface area contributed by atoms with Crippen molar-refractivity contribution in [2.75, 3.05) is 19.0 Å². The van der Waals surface area contributed by atoms with E-state index in [0.717, 1.165) is 11.3 Å². The van der Waals surface area contributed by atoms with Crippen LogP contribution >= 0.6 is 0 Å². The van der Waals surface area contributed by atoms with Gasteiger partial charge in [-0.15, -0.1) is 0 Å². The maximum Gasteiger partial charge on any atom is 0.182 e. The molecule has 2 aromatic rings. The zero-order chi connectivity index (χ0) is 14.9. The van der Waals surface area contributed by atoms with Crippen LogP contribution in [0.2, 0.25) is 0 Å². The number of rotatable bonds is 2. The molecule has 5 nitrogen and oxygen atoms in total. The molecule has 0 amide bonds. The van der Waals surface area contributed by atoms with Gasteiger partial charge in [-0.2, -0.15) is 0 Å². The van der Waals surface area contributed by atoms with Gasteiger partial charge in [0.1, 0.15) is 0 Å². The molecule has 0 bridgehead atoms. The summed E-state index contributed by atoms with van der Waals surface area (Å²) in [5.41, 5.74) is 1.06. The fourth-order valence-corrected chi connectivity index (χ4v) is 1.80. The summed E-state index contributed by atoms with van der Waals surface area (Å²) < 4.78 is 1.27. The Labute approximate surface area is 367 Å². The molecule has 0 aliphatic heterocycles. The van der Waals surface area contributed by atoms with E-state index in [1.54, 1.807) is 13.1 Å². The van der Waals surface area contributed by atoms with Gasteiger partial charge in [0.05, 0.1) is 5.22 Å². The molecule has 0 saturated carbocycles. The number of aromatic nitrogens is 2. The van der Waals surface area contributed by atoms with E-state index in [-0.39, 0.29) is 278 Å². The number of hydrogen-bond acceptors (Lipinski definition) is 3. The first kappa shape index (κ1) is 51.0. The summed E-state index contributed by atoms with van der Waals surface area (Å²) in [6.45, 7) is 3.55. The zero-order valence-corrected chi connectivity index (χ0v) is 39.1. The third kappa shape index (κ3) is 16.1. The first-order valence-electron chi connectivity index (χ1n) is 6.12. The van der Waals surface area contributed by atoms with Gasteiger partial charge in [-0.3, -0.25) is 9.59 Å². The molecule has 1 heterocycles. The van der Waals surface area contributed by atoms with Crippen molar-refractivity contribution in [2.24, 2.45) is 7.05 Å². The molecule has 0 atom stereocenters. The van der Waals surface area contributed by atoms with Crippen LogP contribution in [-0.4, -0.2) is 18.7 Å². The Bertz CT molecular complexity index is 867. The molecule has 1 aromatic heterocycles. The maximum absolute atomic E-state index is 12.0. The van der Waals surface area contributed by atoms with Crippen LogP contribution in [0.3, 0.4) is 0 Å². The minimum atomic E-state index is -0.546. The van der Waals surface area contributed by atoms with Gasteiger partial charge in [-0.05, 0) is 23.8 Å². The van der Waals surface area contributed by atoms with Crippen LogP contribution < -0.4 is 31.7 Å². The van der Waals surface area contributed by atoms with Gasteiger partial charge < -0.3 is 14.5 Å². The molecule has 28 heavy (non-hydrogen) atoms. The van der Waals surface area contributed by atoms with Crippen LogP contribution in [0.15, 0.2) is 33.9 Å². The topological polar surface area (TPSA) is 56.4 Å². The average molecular weight is 982 g/mol. The van der Waals surface area contributed by atoms with Crippen molar-refractivity contribution in [2.45, 2.75) is 0 Å². The zero-order valence-electron chi connectivity index (χ0n) is 16.4. The van der Waals surface area contributed by atoms with E-state index < -0.39 is 5.56 Å². The molecule has 0 unspecified atom stereocenters. The van der Waals surface area contributed by atoms with Crippen LogP contribution in [0.1, 0.15) is 5.56 Å². The quantitative estimate of drug-likeness (QED) is 0.388. The van der Waals surface area contributed by atoms with Crippen LogP contribution in [0, 0.1) is 0 Å². The molecule has 0 saturated heterocycles. The van der Waals surface area contributed by atoms with Crippen molar-refractivity contribution in [3.05, 3.63) is 61.2 Å². The molecule has 0 spiro atoms. The molecule has 8 radical (unpaired) electrons. The minimum absolute atomic E-state index is 0. The van der Waals surface area contributed by atoms with Crippen molar-refractivity contribution in [3.8, 4) is 0 Å². The summed E-state index contributed by atoms with van der Waals surface area (Å²) in [5.74, 6) is 0. The molecule has 0 N–H and O–H groups in total. The number of nitrogens with zero attached hydrogens (tertiary/aromatic N) is 3. The molecule has 0 fully saturated rings. The van der Waals surface area contributed by atoms with Crippen molar-refractivity contribution >= 4 is 18.3 Å². The fourth-order valence-electron chi connectivity index (χ4n) is 1.80. The van der Waals surface area contributed by atoms with E-state index in [0.29, 0.717) is 0 Å². The van der Waals surface area contributed by atoms with Crippen molar-refractivity contribution < 1.29 is 262 Å². The second-order valence-corrected chi connectivity index (χ2v) is 4.74. The summed E-state index contributed by atoms with van der Waals surface area (Å²) in [5, 5.41) is 0.0532. The van der Waals surface area contributed by atoms with Crippen LogP contribution in [0.25, 0.3) is 12.7 Å². The number of hydrogen-bond donors (Lipinski definition) is 0. The number of anilines is 1. The molecule has 1 aromatic carbocycles.